The SMILES string of the molecule is CCCNC1CCCc2nc(C3CCS(=O)(=O)C3)ncc21. The Bertz CT molecular complexity index is 615. The van der Waals surface area contributed by atoms with E-state index in [-0.39, 0.29) is 17.4 Å². The molecule has 0 aromatic carbocycles. The molecule has 2 atom stereocenters. The Kier molecular flexibility index (Phi) is 4.26. The lowest BCUT2D eigenvalue weighted by Gasteiger charge is -2.26. The van der Waals surface area contributed by atoms with Gasteiger partial charge in [0.1, 0.15) is 5.82 Å². The molecule has 1 saturated heterocycles. The second kappa shape index (κ2) is 6.01. The van der Waals surface area contributed by atoms with Crippen molar-refractivity contribution >= 4 is 9.84 Å². The smallest absolute Gasteiger partial charge is 0.151 e. The topological polar surface area (TPSA) is 72.0 Å². The molecule has 2 unspecified atom stereocenters. The van der Waals surface area contributed by atoms with Crippen LogP contribution in [-0.2, 0) is 16.3 Å². The van der Waals surface area contributed by atoms with Crippen LogP contribution < -0.4 is 5.32 Å². The van der Waals surface area contributed by atoms with E-state index in [1.165, 1.54) is 5.56 Å². The Labute approximate surface area is 126 Å². The van der Waals surface area contributed by atoms with Crippen LogP contribution in [-0.4, -0.2) is 36.4 Å². The molecule has 2 aliphatic rings. The Morgan fingerprint density at radius 1 is 1.38 bits per heavy atom. The molecule has 3 rings (SSSR count). The minimum Gasteiger partial charge on any atom is -0.310 e. The van der Waals surface area contributed by atoms with E-state index in [4.69, 9.17) is 4.98 Å². The number of aryl methyl sites for hydroxylation is 1. The fourth-order valence-electron chi connectivity index (χ4n) is 3.29. The molecular formula is C15H23N3O2S. The molecule has 0 radical (unpaired) electrons. The maximum atomic E-state index is 11.6. The lowest BCUT2D eigenvalue weighted by Crippen LogP contribution is -2.27. The molecule has 116 valence electrons. The molecule has 1 aliphatic carbocycles. The van der Waals surface area contributed by atoms with Crippen molar-refractivity contribution in [3.63, 3.8) is 0 Å². The van der Waals surface area contributed by atoms with E-state index in [1.807, 2.05) is 6.20 Å². The monoisotopic (exact) mass is 309 g/mol. The molecule has 0 saturated carbocycles. The van der Waals surface area contributed by atoms with Crippen LogP contribution in [0.5, 0.6) is 0 Å². The van der Waals surface area contributed by atoms with Crippen LogP contribution >= 0.6 is 0 Å². The minimum absolute atomic E-state index is 0.00993. The van der Waals surface area contributed by atoms with Gasteiger partial charge in [0.15, 0.2) is 9.84 Å². The molecule has 1 fully saturated rings. The number of aromatic nitrogens is 2. The number of hydrogen-bond donors (Lipinski definition) is 1. The third-order valence-corrected chi connectivity index (χ3v) is 6.21. The van der Waals surface area contributed by atoms with Gasteiger partial charge < -0.3 is 5.32 Å². The lowest BCUT2D eigenvalue weighted by molar-refractivity contribution is 0.451. The summed E-state index contributed by atoms with van der Waals surface area (Å²) in [5.41, 5.74) is 2.32. The number of nitrogens with one attached hydrogen (secondary N) is 1. The van der Waals surface area contributed by atoms with Gasteiger partial charge in [-0.15, -0.1) is 0 Å². The third-order valence-electron chi connectivity index (χ3n) is 4.44. The zero-order valence-corrected chi connectivity index (χ0v) is 13.3. The minimum atomic E-state index is -2.88. The highest BCUT2D eigenvalue weighted by atomic mass is 32.2. The summed E-state index contributed by atoms with van der Waals surface area (Å²) in [4.78, 5) is 9.19. The van der Waals surface area contributed by atoms with Crippen LogP contribution in [0.1, 0.15) is 61.6 Å². The summed E-state index contributed by atoms with van der Waals surface area (Å²) in [5, 5.41) is 3.55. The Morgan fingerprint density at radius 2 is 2.24 bits per heavy atom. The quantitative estimate of drug-likeness (QED) is 0.917. The van der Waals surface area contributed by atoms with Crippen LogP contribution in [0.3, 0.4) is 0 Å². The zero-order valence-electron chi connectivity index (χ0n) is 12.5. The largest absolute Gasteiger partial charge is 0.310 e. The Balaban J connectivity index is 1.81. The third kappa shape index (κ3) is 3.26. The number of nitrogens with zero attached hydrogens (tertiary/aromatic N) is 2. The fraction of sp³-hybridized carbons (Fsp3) is 0.733. The van der Waals surface area contributed by atoms with Crippen molar-refractivity contribution in [2.45, 2.75) is 51.0 Å². The van der Waals surface area contributed by atoms with Crippen molar-refractivity contribution in [1.29, 1.82) is 0 Å². The van der Waals surface area contributed by atoms with E-state index in [0.29, 0.717) is 12.5 Å². The zero-order chi connectivity index (χ0) is 14.9. The van der Waals surface area contributed by atoms with Gasteiger partial charge in [-0.25, -0.2) is 18.4 Å². The number of hydrogen-bond acceptors (Lipinski definition) is 5. The van der Waals surface area contributed by atoms with E-state index >= 15 is 0 Å². The predicted molar refractivity (Wildman–Crippen MR) is 82.0 cm³/mol. The average Bonchev–Trinajstić information content (AvgIpc) is 2.84. The summed E-state index contributed by atoms with van der Waals surface area (Å²) in [6, 6.07) is 0.357. The average molecular weight is 309 g/mol. The van der Waals surface area contributed by atoms with Gasteiger partial charge in [0.05, 0.1) is 11.5 Å². The normalized spacial score (nSPS) is 27.5. The summed E-state index contributed by atoms with van der Waals surface area (Å²) < 4.78 is 23.2. The number of rotatable bonds is 4. The first kappa shape index (κ1) is 14.9. The van der Waals surface area contributed by atoms with Gasteiger partial charge in [0.2, 0.25) is 0 Å². The molecule has 1 aromatic rings. The Hall–Kier alpha value is -1.01. The van der Waals surface area contributed by atoms with Crippen LogP contribution in [0, 0.1) is 0 Å². The summed E-state index contributed by atoms with van der Waals surface area (Å²) in [5.74, 6) is 1.21. The molecule has 5 nitrogen and oxygen atoms in total. The molecule has 1 aliphatic heterocycles. The predicted octanol–water partition coefficient (Wildman–Crippen LogP) is 1.76. The van der Waals surface area contributed by atoms with Gasteiger partial charge in [-0.2, -0.15) is 0 Å². The molecule has 1 N–H and O–H groups in total. The number of fused-ring (bicyclic) bond motifs is 1. The van der Waals surface area contributed by atoms with Crippen LogP contribution in [0.2, 0.25) is 0 Å². The molecule has 21 heavy (non-hydrogen) atoms. The molecule has 0 bridgehead atoms. The standard InChI is InChI=1S/C15H23N3O2S/c1-2-7-16-13-4-3-5-14-12(13)9-17-15(18-14)11-6-8-21(19,20)10-11/h9,11,13,16H,2-8,10H2,1H3. The summed E-state index contributed by atoms with van der Waals surface area (Å²) in [6.07, 6.45) is 6.95. The van der Waals surface area contributed by atoms with Crippen LogP contribution in [0.4, 0.5) is 0 Å². The van der Waals surface area contributed by atoms with E-state index in [0.717, 1.165) is 43.7 Å². The van der Waals surface area contributed by atoms with Gasteiger partial charge in [0.25, 0.3) is 0 Å². The summed E-state index contributed by atoms with van der Waals surface area (Å²) in [7, 11) is -2.88. The second-order valence-corrected chi connectivity index (χ2v) is 8.36. The first-order valence-electron chi connectivity index (χ1n) is 7.88. The molecule has 2 heterocycles. The van der Waals surface area contributed by atoms with E-state index in [9.17, 15) is 8.42 Å². The number of sulfone groups is 1. The molecule has 6 heteroatoms. The highest BCUT2D eigenvalue weighted by molar-refractivity contribution is 7.91. The highest BCUT2D eigenvalue weighted by Gasteiger charge is 2.32. The van der Waals surface area contributed by atoms with Gasteiger partial charge in [-0.1, -0.05) is 6.92 Å². The van der Waals surface area contributed by atoms with E-state index in [1.54, 1.807) is 0 Å². The first-order valence-corrected chi connectivity index (χ1v) is 9.70. The molecule has 0 amide bonds. The van der Waals surface area contributed by atoms with Gasteiger partial charge in [0, 0.05) is 29.4 Å². The van der Waals surface area contributed by atoms with Gasteiger partial charge in [-0.3, -0.25) is 0 Å². The van der Waals surface area contributed by atoms with Crippen molar-refractivity contribution in [2.75, 3.05) is 18.1 Å². The second-order valence-electron chi connectivity index (χ2n) is 6.13. The molecular weight excluding hydrogens is 286 g/mol. The van der Waals surface area contributed by atoms with Crippen molar-refractivity contribution < 1.29 is 8.42 Å². The first-order chi connectivity index (χ1) is 10.1. The molecule has 1 aromatic heterocycles. The van der Waals surface area contributed by atoms with Crippen molar-refractivity contribution in [3.8, 4) is 0 Å². The molecule has 0 spiro atoms. The maximum Gasteiger partial charge on any atom is 0.151 e. The van der Waals surface area contributed by atoms with E-state index in [2.05, 4.69) is 17.2 Å². The van der Waals surface area contributed by atoms with Crippen LogP contribution in [0.15, 0.2) is 6.20 Å². The highest BCUT2D eigenvalue weighted by Crippen LogP contribution is 2.31. The van der Waals surface area contributed by atoms with E-state index < -0.39 is 9.84 Å². The van der Waals surface area contributed by atoms with Crippen LogP contribution in [0.25, 0.3) is 0 Å². The van der Waals surface area contributed by atoms with Crippen molar-refractivity contribution in [1.82, 2.24) is 15.3 Å². The summed E-state index contributed by atoms with van der Waals surface area (Å²) in [6.45, 7) is 3.17. The maximum absolute atomic E-state index is 11.6. The van der Waals surface area contributed by atoms with Gasteiger partial charge >= 0.3 is 0 Å². The summed E-state index contributed by atoms with van der Waals surface area (Å²) >= 11 is 0. The fourth-order valence-corrected chi connectivity index (χ4v) is 5.03. The van der Waals surface area contributed by atoms with Gasteiger partial charge in [-0.05, 0) is 38.6 Å². The lowest BCUT2D eigenvalue weighted by atomic mass is 9.92. The van der Waals surface area contributed by atoms with Crippen molar-refractivity contribution in [2.24, 2.45) is 0 Å². The Morgan fingerprint density at radius 3 is 2.95 bits per heavy atom. The van der Waals surface area contributed by atoms with Crippen molar-refractivity contribution in [3.05, 3.63) is 23.3 Å².